The van der Waals surface area contributed by atoms with E-state index in [4.69, 9.17) is 9.15 Å². The Balaban J connectivity index is 1.40. The van der Waals surface area contributed by atoms with Crippen molar-refractivity contribution in [3.8, 4) is 11.3 Å². The summed E-state index contributed by atoms with van der Waals surface area (Å²) in [5.74, 6) is 0.855. The minimum atomic E-state index is -0.252. The number of aromatic nitrogens is 1. The highest BCUT2D eigenvalue weighted by Crippen LogP contribution is 2.25. The van der Waals surface area contributed by atoms with Crippen molar-refractivity contribution >= 4 is 22.9 Å². The Labute approximate surface area is 168 Å². The van der Waals surface area contributed by atoms with Crippen LogP contribution in [-0.4, -0.2) is 42.1 Å². The number of ether oxygens (including phenoxy) is 1. The normalized spacial score (nSPS) is 16.1. The van der Waals surface area contributed by atoms with Gasteiger partial charge in [0.2, 0.25) is 0 Å². The van der Waals surface area contributed by atoms with Crippen molar-refractivity contribution in [2.24, 2.45) is 0 Å². The van der Waals surface area contributed by atoms with Crippen molar-refractivity contribution in [2.45, 2.75) is 19.9 Å². The van der Waals surface area contributed by atoms with Crippen LogP contribution in [0.5, 0.6) is 0 Å². The van der Waals surface area contributed by atoms with Gasteiger partial charge < -0.3 is 14.5 Å². The van der Waals surface area contributed by atoms with Crippen molar-refractivity contribution in [1.82, 2.24) is 9.88 Å². The number of aryl methyl sites for hydroxylation is 1. The topological polar surface area (TPSA) is 67.6 Å². The van der Waals surface area contributed by atoms with Crippen LogP contribution in [0.4, 0.5) is 5.69 Å². The molecule has 28 heavy (non-hydrogen) atoms. The van der Waals surface area contributed by atoms with E-state index in [9.17, 15) is 4.79 Å². The number of hydrogen-bond donors (Lipinski definition) is 1. The molecule has 146 valence electrons. The first-order chi connectivity index (χ1) is 13.6. The van der Waals surface area contributed by atoms with Crippen LogP contribution >= 0.6 is 11.3 Å². The molecule has 1 fully saturated rings. The lowest BCUT2D eigenvalue weighted by Crippen LogP contribution is -2.37. The number of benzene rings is 1. The monoisotopic (exact) mass is 397 g/mol. The van der Waals surface area contributed by atoms with E-state index in [-0.39, 0.29) is 11.9 Å². The number of morpholine rings is 1. The highest BCUT2D eigenvalue weighted by Gasteiger charge is 2.22. The quantitative estimate of drug-likeness (QED) is 0.693. The molecule has 3 aromatic rings. The highest BCUT2D eigenvalue weighted by molar-refractivity contribution is 7.09. The summed E-state index contributed by atoms with van der Waals surface area (Å²) in [6.45, 7) is 7.28. The predicted octanol–water partition coefficient (Wildman–Crippen LogP) is 4.36. The minimum Gasteiger partial charge on any atom is -0.454 e. The molecule has 1 amide bonds. The number of carbonyl (C=O) groups excluding carboxylic acids is 1. The summed E-state index contributed by atoms with van der Waals surface area (Å²) < 4.78 is 11.2. The molecule has 0 radical (unpaired) electrons. The molecule has 0 spiro atoms. The number of nitrogens with zero attached hydrogens (tertiary/aromatic N) is 2. The van der Waals surface area contributed by atoms with Gasteiger partial charge in [0.05, 0.1) is 30.0 Å². The fourth-order valence-electron chi connectivity index (χ4n) is 3.26. The maximum Gasteiger partial charge on any atom is 0.291 e. The SMILES string of the molecule is Cc1nc(-c2ccc(NC(=O)c3ccc([C@@H](C)N4CCOCC4)o3)cc2)cs1. The number of anilines is 1. The molecular weight excluding hydrogens is 374 g/mol. The van der Waals surface area contributed by atoms with Crippen LogP contribution < -0.4 is 5.32 Å². The van der Waals surface area contributed by atoms with Gasteiger partial charge in [0.15, 0.2) is 5.76 Å². The Hall–Kier alpha value is -2.48. The number of furan rings is 1. The highest BCUT2D eigenvalue weighted by atomic mass is 32.1. The fourth-order valence-corrected chi connectivity index (χ4v) is 3.88. The zero-order valence-electron chi connectivity index (χ0n) is 16.0. The molecule has 0 bridgehead atoms. The molecule has 1 aromatic carbocycles. The van der Waals surface area contributed by atoms with E-state index in [1.807, 2.05) is 42.6 Å². The Morgan fingerprint density at radius 3 is 2.61 bits per heavy atom. The van der Waals surface area contributed by atoms with Crippen molar-refractivity contribution < 1.29 is 13.9 Å². The molecule has 0 saturated carbocycles. The van der Waals surface area contributed by atoms with E-state index in [0.29, 0.717) is 5.76 Å². The third kappa shape index (κ3) is 4.16. The van der Waals surface area contributed by atoms with E-state index >= 15 is 0 Å². The van der Waals surface area contributed by atoms with E-state index in [0.717, 1.165) is 54.0 Å². The first-order valence-corrected chi connectivity index (χ1v) is 10.2. The molecule has 1 aliphatic rings. The number of rotatable bonds is 5. The largest absolute Gasteiger partial charge is 0.454 e. The molecule has 3 heterocycles. The van der Waals surface area contributed by atoms with Crippen LogP contribution in [0.3, 0.4) is 0 Å². The van der Waals surface area contributed by atoms with Gasteiger partial charge in [-0.25, -0.2) is 4.98 Å². The molecule has 1 N–H and O–H groups in total. The molecule has 1 atom stereocenters. The molecule has 7 heteroatoms. The Morgan fingerprint density at radius 2 is 1.93 bits per heavy atom. The summed E-state index contributed by atoms with van der Waals surface area (Å²) in [5, 5.41) is 5.96. The van der Waals surface area contributed by atoms with E-state index in [1.165, 1.54) is 0 Å². The first-order valence-electron chi connectivity index (χ1n) is 9.35. The zero-order valence-corrected chi connectivity index (χ0v) is 16.8. The van der Waals surface area contributed by atoms with Gasteiger partial charge in [0, 0.05) is 29.7 Å². The second-order valence-electron chi connectivity index (χ2n) is 6.81. The van der Waals surface area contributed by atoms with Gasteiger partial charge in [0.1, 0.15) is 5.76 Å². The molecule has 0 unspecified atom stereocenters. The molecular formula is C21H23N3O3S. The lowest BCUT2D eigenvalue weighted by molar-refractivity contribution is 0.0155. The fraction of sp³-hybridized carbons (Fsp3) is 0.333. The van der Waals surface area contributed by atoms with Gasteiger partial charge in [-0.2, -0.15) is 0 Å². The number of carbonyl (C=O) groups is 1. The van der Waals surface area contributed by atoms with Gasteiger partial charge in [-0.15, -0.1) is 11.3 Å². The second kappa shape index (κ2) is 8.26. The minimum absolute atomic E-state index is 0.117. The van der Waals surface area contributed by atoms with E-state index < -0.39 is 0 Å². The first kappa shape index (κ1) is 18.9. The Bertz CT molecular complexity index is 942. The molecule has 4 rings (SSSR count). The number of thiazole rings is 1. The molecule has 0 aliphatic carbocycles. The van der Waals surface area contributed by atoms with E-state index in [1.54, 1.807) is 17.4 Å². The van der Waals surface area contributed by atoms with Crippen LogP contribution in [-0.2, 0) is 4.74 Å². The summed E-state index contributed by atoms with van der Waals surface area (Å²) in [4.78, 5) is 19.3. The van der Waals surface area contributed by atoms with Crippen molar-refractivity contribution in [3.05, 3.63) is 58.3 Å². The van der Waals surface area contributed by atoms with Crippen LogP contribution in [0.1, 0.15) is 34.3 Å². The standard InChI is InChI=1S/C21H23N3O3S/c1-14(24-9-11-26-12-10-24)19-7-8-20(27-19)21(25)23-17-5-3-16(4-6-17)18-13-28-15(2)22-18/h3-8,13-14H,9-12H2,1-2H3,(H,23,25)/t14-/m1/s1. The number of amides is 1. The predicted molar refractivity (Wildman–Crippen MR) is 110 cm³/mol. The van der Waals surface area contributed by atoms with Gasteiger partial charge in [-0.05, 0) is 38.1 Å². The number of hydrogen-bond acceptors (Lipinski definition) is 6. The average molecular weight is 398 g/mol. The average Bonchev–Trinajstić information content (AvgIpc) is 3.38. The van der Waals surface area contributed by atoms with E-state index in [2.05, 4.69) is 22.1 Å². The van der Waals surface area contributed by atoms with Gasteiger partial charge in [0.25, 0.3) is 5.91 Å². The third-order valence-electron chi connectivity index (χ3n) is 4.91. The van der Waals surface area contributed by atoms with Gasteiger partial charge in [-0.3, -0.25) is 9.69 Å². The van der Waals surface area contributed by atoms with Gasteiger partial charge >= 0.3 is 0 Å². The lowest BCUT2D eigenvalue weighted by Gasteiger charge is -2.31. The van der Waals surface area contributed by atoms with Crippen LogP contribution in [0.25, 0.3) is 11.3 Å². The summed E-state index contributed by atoms with van der Waals surface area (Å²) in [5.41, 5.74) is 2.70. The maximum absolute atomic E-state index is 12.5. The van der Waals surface area contributed by atoms with Crippen molar-refractivity contribution in [2.75, 3.05) is 31.6 Å². The van der Waals surface area contributed by atoms with Crippen LogP contribution in [0.2, 0.25) is 0 Å². The molecule has 2 aromatic heterocycles. The van der Waals surface area contributed by atoms with Crippen LogP contribution in [0.15, 0.2) is 46.2 Å². The Morgan fingerprint density at radius 1 is 1.18 bits per heavy atom. The summed E-state index contributed by atoms with van der Waals surface area (Å²) in [6, 6.07) is 11.4. The lowest BCUT2D eigenvalue weighted by atomic mass is 10.1. The zero-order chi connectivity index (χ0) is 19.5. The van der Waals surface area contributed by atoms with Crippen molar-refractivity contribution in [3.63, 3.8) is 0 Å². The van der Waals surface area contributed by atoms with Crippen molar-refractivity contribution in [1.29, 1.82) is 0 Å². The molecule has 6 nitrogen and oxygen atoms in total. The molecule has 1 saturated heterocycles. The summed E-state index contributed by atoms with van der Waals surface area (Å²) in [7, 11) is 0. The Kier molecular flexibility index (Phi) is 5.57. The number of nitrogens with one attached hydrogen (secondary N) is 1. The maximum atomic E-state index is 12.5. The smallest absolute Gasteiger partial charge is 0.291 e. The summed E-state index contributed by atoms with van der Waals surface area (Å²) in [6.07, 6.45) is 0. The van der Waals surface area contributed by atoms with Crippen LogP contribution in [0, 0.1) is 6.92 Å². The summed E-state index contributed by atoms with van der Waals surface area (Å²) >= 11 is 1.62. The second-order valence-corrected chi connectivity index (χ2v) is 7.87. The molecule has 1 aliphatic heterocycles. The van der Waals surface area contributed by atoms with Gasteiger partial charge in [-0.1, -0.05) is 12.1 Å². The third-order valence-corrected chi connectivity index (χ3v) is 5.69.